The largest absolute Gasteiger partial charge is 0.477 e. The van der Waals surface area contributed by atoms with Crippen LogP contribution < -0.4 is 15.1 Å². The van der Waals surface area contributed by atoms with Crippen LogP contribution in [0.25, 0.3) is 10.9 Å². The first-order chi connectivity index (χ1) is 18.4. The van der Waals surface area contributed by atoms with Gasteiger partial charge in [0.1, 0.15) is 22.8 Å². The quantitative estimate of drug-likeness (QED) is 0.516. The molecule has 2 aliphatic heterocycles. The van der Waals surface area contributed by atoms with E-state index < -0.39 is 34.4 Å². The summed E-state index contributed by atoms with van der Waals surface area (Å²) in [6, 6.07) is 0.895. The fourth-order valence-electron chi connectivity index (χ4n) is 5.45. The molecule has 1 atom stereocenters. The summed E-state index contributed by atoms with van der Waals surface area (Å²) < 4.78 is 44.5. The Morgan fingerprint density at radius 3 is 2.69 bits per heavy atom. The Morgan fingerprint density at radius 1 is 1.28 bits per heavy atom. The van der Waals surface area contributed by atoms with Gasteiger partial charge in [-0.2, -0.15) is 0 Å². The second-order valence-electron chi connectivity index (χ2n) is 10.6. The number of carboxylic acid groups (broad SMARTS) is 1. The lowest BCUT2D eigenvalue weighted by atomic mass is 10.0. The van der Waals surface area contributed by atoms with Crippen LogP contribution in [0.1, 0.15) is 54.9 Å². The maximum atomic E-state index is 15.9. The predicted molar refractivity (Wildman–Crippen MR) is 141 cm³/mol. The molecular weight excluding hydrogens is 510 g/mol. The summed E-state index contributed by atoms with van der Waals surface area (Å²) in [4.78, 5) is 32.6. The highest BCUT2D eigenvalue weighted by molar-refractivity contribution is 5.93. The summed E-state index contributed by atoms with van der Waals surface area (Å²) in [5.41, 5.74) is 1.00. The van der Waals surface area contributed by atoms with Crippen molar-refractivity contribution < 1.29 is 28.2 Å². The minimum Gasteiger partial charge on any atom is -0.477 e. The zero-order valence-corrected chi connectivity index (χ0v) is 22.7. The van der Waals surface area contributed by atoms with Gasteiger partial charge >= 0.3 is 5.97 Å². The number of aromatic nitrogens is 2. The van der Waals surface area contributed by atoms with Crippen LogP contribution in [-0.4, -0.2) is 57.0 Å². The highest BCUT2D eigenvalue weighted by Gasteiger charge is 2.33. The van der Waals surface area contributed by atoms with Gasteiger partial charge in [0.2, 0.25) is 11.2 Å². The van der Waals surface area contributed by atoms with Crippen molar-refractivity contribution in [3.63, 3.8) is 0 Å². The van der Waals surface area contributed by atoms with Crippen molar-refractivity contribution in [3.05, 3.63) is 62.7 Å². The molecule has 0 spiro atoms. The normalized spacial score (nSPS) is 19.2. The van der Waals surface area contributed by atoms with Crippen LogP contribution in [0.3, 0.4) is 0 Å². The fourth-order valence-corrected chi connectivity index (χ4v) is 5.45. The first-order valence-corrected chi connectivity index (χ1v) is 13.0. The first-order valence-electron chi connectivity index (χ1n) is 13.0. The molecule has 4 heterocycles. The Kier molecular flexibility index (Phi) is 6.84. The maximum absolute atomic E-state index is 15.9. The summed E-state index contributed by atoms with van der Waals surface area (Å²) >= 11 is 0. The monoisotopic (exact) mass is 542 g/mol. The third kappa shape index (κ3) is 4.74. The lowest BCUT2D eigenvalue weighted by Gasteiger charge is -2.42. The minimum absolute atomic E-state index is 0.0603. The molecule has 0 aliphatic carbocycles. The van der Waals surface area contributed by atoms with Crippen molar-refractivity contribution in [2.75, 3.05) is 24.5 Å². The van der Waals surface area contributed by atoms with E-state index in [9.17, 15) is 14.7 Å². The van der Waals surface area contributed by atoms with E-state index >= 15 is 8.78 Å². The number of rotatable bonds is 5. The highest BCUT2D eigenvalue weighted by Crippen LogP contribution is 2.36. The lowest BCUT2D eigenvalue weighted by Crippen LogP contribution is -2.52. The number of nitrogens with zero attached hydrogens (tertiary/aromatic N) is 4. The van der Waals surface area contributed by atoms with Crippen LogP contribution in [0.4, 0.5) is 14.5 Å². The van der Waals surface area contributed by atoms with Crippen molar-refractivity contribution in [1.29, 1.82) is 0 Å². The van der Waals surface area contributed by atoms with Crippen molar-refractivity contribution in [2.24, 2.45) is 0 Å². The van der Waals surface area contributed by atoms with E-state index in [1.54, 1.807) is 11.8 Å². The van der Waals surface area contributed by atoms with E-state index in [0.29, 0.717) is 32.8 Å². The fraction of sp³-hybridized carbons (Fsp3) is 0.464. The molecular formula is C28H32F2N4O5. The zero-order chi connectivity index (χ0) is 28.2. The topological polar surface area (TPSA) is 97.1 Å². The summed E-state index contributed by atoms with van der Waals surface area (Å²) in [5.74, 6) is -3.19. The zero-order valence-electron chi connectivity index (χ0n) is 22.7. The Morgan fingerprint density at radius 2 is 2.03 bits per heavy atom. The predicted octanol–water partition coefficient (Wildman–Crippen LogP) is 4.06. The Balaban J connectivity index is 1.43. The van der Waals surface area contributed by atoms with Gasteiger partial charge in [0.15, 0.2) is 5.82 Å². The molecule has 1 aromatic carbocycles. The van der Waals surface area contributed by atoms with Gasteiger partial charge in [-0.15, -0.1) is 0 Å². The summed E-state index contributed by atoms with van der Waals surface area (Å²) in [6.45, 7) is 11.8. The molecule has 208 valence electrons. The third-order valence-electron chi connectivity index (χ3n) is 7.57. The van der Waals surface area contributed by atoms with Crippen molar-refractivity contribution in [2.45, 2.75) is 66.1 Å². The molecule has 1 unspecified atom stereocenters. The third-order valence-corrected chi connectivity index (χ3v) is 7.57. The van der Waals surface area contributed by atoms with Gasteiger partial charge in [-0.25, -0.2) is 13.6 Å². The molecule has 9 nitrogen and oxygen atoms in total. The Bertz CT molecular complexity index is 1540. The summed E-state index contributed by atoms with van der Waals surface area (Å²) in [7, 11) is 0. The number of carbonyl (C=O) groups is 1. The molecule has 1 saturated heterocycles. The number of hydrogen-bond acceptors (Lipinski definition) is 7. The molecule has 11 heteroatoms. The van der Waals surface area contributed by atoms with Crippen LogP contribution >= 0.6 is 0 Å². The van der Waals surface area contributed by atoms with Gasteiger partial charge in [0.25, 0.3) is 0 Å². The number of ether oxygens (including phenoxy) is 2. The van der Waals surface area contributed by atoms with E-state index in [1.165, 1.54) is 4.57 Å². The van der Waals surface area contributed by atoms with Gasteiger partial charge in [0, 0.05) is 70.6 Å². The van der Waals surface area contributed by atoms with E-state index in [2.05, 4.69) is 9.88 Å². The number of hydrogen-bond donors (Lipinski definition) is 1. The molecule has 0 saturated carbocycles. The van der Waals surface area contributed by atoms with E-state index in [0.717, 1.165) is 34.8 Å². The van der Waals surface area contributed by atoms with Gasteiger partial charge in [-0.1, -0.05) is 0 Å². The summed E-state index contributed by atoms with van der Waals surface area (Å²) in [6.07, 6.45) is 2.94. The molecule has 39 heavy (non-hydrogen) atoms. The smallest absolute Gasteiger partial charge is 0.341 e. The van der Waals surface area contributed by atoms with Crippen molar-refractivity contribution >= 4 is 22.6 Å². The number of carboxylic acids is 1. The van der Waals surface area contributed by atoms with E-state index in [1.807, 2.05) is 33.9 Å². The van der Waals surface area contributed by atoms with Crippen LogP contribution in [0.2, 0.25) is 0 Å². The van der Waals surface area contributed by atoms with E-state index in [4.69, 9.17) is 9.47 Å². The molecule has 2 aromatic heterocycles. The molecule has 0 radical (unpaired) electrons. The second-order valence-corrected chi connectivity index (χ2v) is 10.6. The molecule has 0 bridgehead atoms. The molecule has 1 fully saturated rings. The molecule has 2 aliphatic rings. The van der Waals surface area contributed by atoms with Crippen LogP contribution in [0.15, 0.2) is 23.3 Å². The van der Waals surface area contributed by atoms with Gasteiger partial charge in [0.05, 0.1) is 23.2 Å². The van der Waals surface area contributed by atoms with Crippen molar-refractivity contribution in [1.82, 2.24) is 14.5 Å². The number of halogens is 2. The number of fused-ring (bicyclic) bond motifs is 2. The number of pyridine rings is 2. The van der Waals surface area contributed by atoms with Crippen molar-refractivity contribution in [3.8, 4) is 5.75 Å². The van der Waals surface area contributed by atoms with Crippen LogP contribution in [0, 0.1) is 18.6 Å². The molecule has 1 N–H and O–H groups in total. The molecule has 0 amide bonds. The second kappa shape index (κ2) is 9.87. The van der Waals surface area contributed by atoms with Gasteiger partial charge in [-0.05, 0) is 32.4 Å². The number of anilines is 1. The van der Waals surface area contributed by atoms with Crippen LogP contribution in [-0.2, 0) is 24.4 Å². The van der Waals surface area contributed by atoms with E-state index in [-0.39, 0.29) is 29.2 Å². The Hall–Kier alpha value is -3.57. The van der Waals surface area contributed by atoms with Gasteiger partial charge < -0.3 is 24.0 Å². The standard InChI is InChI=1S/C28H32F2N4O5/c1-6-32-13-19(27(36)37)25(35)18-9-21(29)24(22(30)23(18)32)34-8-7-33(15(2)11-34)12-17-10-31-16(3)26-20(17)14-38-28(4,5)39-26/h9-10,13,15H,6-8,11-12,14H2,1-5H3,(H,36,37). The number of piperazine rings is 1. The Labute approximate surface area is 224 Å². The lowest BCUT2D eigenvalue weighted by molar-refractivity contribution is -0.181. The first kappa shape index (κ1) is 27.0. The maximum Gasteiger partial charge on any atom is 0.341 e. The number of benzene rings is 1. The van der Waals surface area contributed by atoms with Crippen LogP contribution in [0.5, 0.6) is 5.75 Å². The average Bonchev–Trinajstić information content (AvgIpc) is 2.87. The highest BCUT2D eigenvalue weighted by atomic mass is 19.1. The molecule has 3 aromatic rings. The number of aryl methyl sites for hydroxylation is 2. The average molecular weight is 543 g/mol. The SMILES string of the molecule is CCn1cc(C(=O)O)c(=O)c2cc(F)c(N3CCN(Cc4cnc(C)c5c4COC(C)(C)O5)C(C)C3)c(F)c21. The molecule has 5 rings (SSSR count). The minimum atomic E-state index is -1.44. The number of aromatic carboxylic acids is 1. The summed E-state index contributed by atoms with van der Waals surface area (Å²) in [5, 5.41) is 9.09. The van der Waals surface area contributed by atoms with Gasteiger partial charge in [-0.3, -0.25) is 14.7 Å².